The highest BCUT2D eigenvalue weighted by Crippen LogP contribution is 2.42. The predicted molar refractivity (Wildman–Crippen MR) is 42.9 cm³/mol. The second-order valence-corrected chi connectivity index (χ2v) is 3.91. The van der Waals surface area contributed by atoms with Crippen molar-refractivity contribution in [1.82, 2.24) is 0 Å². The molecule has 0 aromatic rings. The van der Waals surface area contributed by atoms with Gasteiger partial charge in [0.15, 0.2) is 0 Å². The minimum atomic E-state index is -3.76. The first-order chi connectivity index (χ1) is 3.48. The quantitative estimate of drug-likeness (QED) is 0.611. The summed E-state index contributed by atoms with van der Waals surface area (Å²) in [5.74, 6) is 0. The first-order valence-electron chi connectivity index (χ1n) is 2.53. The molecular formula is C4H14O3P2. The molecule has 0 aromatic heterocycles. The average molecular weight is 172 g/mol. The SMILES string of the molecule is CCC(C)P(=O)(O)O.P. The van der Waals surface area contributed by atoms with Crippen LogP contribution in [0.1, 0.15) is 20.3 Å². The molecule has 0 bridgehead atoms. The smallest absolute Gasteiger partial charge is 0.324 e. The Hall–Kier alpha value is 0.580. The summed E-state index contributed by atoms with van der Waals surface area (Å²) in [5, 5.41) is 0. The molecule has 0 heterocycles. The molecule has 0 saturated heterocycles. The summed E-state index contributed by atoms with van der Waals surface area (Å²) in [6.07, 6.45) is 0.532. The van der Waals surface area contributed by atoms with Crippen molar-refractivity contribution in [3.8, 4) is 0 Å². The summed E-state index contributed by atoms with van der Waals surface area (Å²) >= 11 is 0. The van der Waals surface area contributed by atoms with E-state index >= 15 is 0 Å². The Labute approximate surface area is 58.6 Å². The van der Waals surface area contributed by atoms with Crippen LogP contribution < -0.4 is 0 Å². The van der Waals surface area contributed by atoms with Crippen molar-refractivity contribution in [2.45, 2.75) is 25.9 Å². The lowest BCUT2D eigenvalue weighted by Gasteiger charge is -2.08. The lowest BCUT2D eigenvalue weighted by Crippen LogP contribution is -1.99. The van der Waals surface area contributed by atoms with Crippen molar-refractivity contribution >= 4 is 17.5 Å². The van der Waals surface area contributed by atoms with Crippen LogP contribution in [-0.4, -0.2) is 15.4 Å². The molecule has 0 aliphatic heterocycles. The summed E-state index contributed by atoms with van der Waals surface area (Å²) < 4.78 is 10.3. The zero-order chi connectivity index (χ0) is 6.78. The Kier molecular flexibility index (Phi) is 6.01. The van der Waals surface area contributed by atoms with Gasteiger partial charge in [0, 0.05) is 0 Å². The van der Waals surface area contributed by atoms with Gasteiger partial charge in [0.25, 0.3) is 0 Å². The van der Waals surface area contributed by atoms with E-state index in [1.54, 1.807) is 13.8 Å². The van der Waals surface area contributed by atoms with E-state index in [2.05, 4.69) is 0 Å². The minimum Gasteiger partial charge on any atom is -0.324 e. The first-order valence-corrected chi connectivity index (χ1v) is 4.22. The van der Waals surface area contributed by atoms with Gasteiger partial charge in [-0.05, 0) is 6.42 Å². The molecule has 0 fully saturated rings. The maximum Gasteiger partial charge on any atom is 0.328 e. The molecule has 0 amide bonds. The minimum absolute atomic E-state index is 0. The van der Waals surface area contributed by atoms with Crippen molar-refractivity contribution < 1.29 is 14.4 Å². The molecule has 2 atom stereocenters. The van der Waals surface area contributed by atoms with E-state index in [4.69, 9.17) is 9.79 Å². The summed E-state index contributed by atoms with van der Waals surface area (Å²) in [6.45, 7) is 3.30. The first kappa shape index (κ1) is 12.3. The van der Waals surface area contributed by atoms with Crippen LogP contribution >= 0.6 is 17.5 Å². The van der Waals surface area contributed by atoms with Crippen LogP contribution in [0.4, 0.5) is 0 Å². The molecule has 9 heavy (non-hydrogen) atoms. The molecule has 2 unspecified atom stereocenters. The molecule has 0 rings (SSSR count). The normalized spacial score (nSPS) is 14.2. The topological polar surface area (TPSA) is 57.5 Å². The molecule has 0 aliphatic rings. The van der Waals surface area contributed by atoms with Crippen LogP contribution in [0.5, 0.6) is 0 Å². The Morgan fingerprint density at radius 1 is 1.56 bits per heavy atom. The fourth-order valence-corrected chi connectivity index (χ4v) is 0.714. The van der Waals surface area contributed by atoms with Crippen molar-refractivity contribution in [2.75, 3.05) is 0 Å². The van der Waals surface area contributed by atoms with E-state index in [-0.39, 0.29) is 9.90 Å². The predicted octanol–water partition coefficient (Wildman–Crippen LogP) is 1.02. The molecule has 0 aliphatic carbocycles. The van der Waals surface area contributed by atoms with Gasteiger partial charge >= 0.3 is 7.60 Å². The van der Waals surface area contributed by atoms with E-state index in [1.165, 1.54) is 0 Å². The maximum atomic E-state index is 10.3. The standard InChI is InChI=1S/C4H11O3P.H3P/c1-3-4(2)8(5,6)7;/h4H,3H2,1-2H3,(H2,5,6,7);1H3. The molecule has 0 aromatic carbocycles. The Bertz CT molecular complexity index is 108. The molecule has 5 heteroatoms. The monoisotopic (exact) mass is 172 g/mol. The van der Waals surface area contributed by atoms with Gasteiger partial charge in [-0.3, -0.25) is 4.57 Å². The third-order valence-corrected chi connectivity index (χ3v) is 2.68. The zero-order valence-electron chi connectivity index (χ0n) is 5.74. The van der Waals surface area contributed by atoms with Crippen molar-refractivity contribution in [3.63, 3.8) is 0 Å². The third kappa shape index (κ3) is 5.05. The van der Waals surface area contributed by atoms with Gasteiger partial charge in [-0.25, -0.2) is 0 Å². The fourth-order valence-electron chi connectivity index (χ4n) is 0.238. The van der Waals surface area contributed by atoms with Crippen LogP contribution in [0.3, 0.4) is 0 Å². The van der Waals surface area contributed by atoms with Crippen LogP contribution in [-0.2, 0) is 4.57 Å². The second-order valence-electron chi connectivity index (χ2n) is 1.85. The van der Waals surface area contributed by atoms with Crippen LogP contribution in [0.2, 0.25) is 0 Å². The van der Waals surface area contributed by atoms with Gasteiger partial charge in [-0.1, -0.05) is 13.8 Å². The summed E-state index contributed by atoms with van der Waals surface area (Å²) in [6, 6.07) is 0. The van der Waals surface area contributed by atoms with E-state index in [1.807, 2.05) is 0 Å². The highest BCUT2D eigenvalue weighted by atomic mass is 31.2. The highest BCUT2D eigenvalue weighted by molar-refractivity contribution is 7.52. The molecule has 0 spiro atoms. The van der Waals surface area contributed by atoms with Crippen molar-refractivity contribution in [2.24, 2.45) is 0 Å². The highest BCUT2D eigenvalue weighted by Gasteiger charge is 2.20. The van der Waals surface area contributed by atoms with Crippen molar-refractivity contribution in [1.29, 1.82) is 0 Å². The average Bonchev–Trinajstić information content (AvgIpc) is 1.62. The number of rotatable bonds is 2. The number of hydrogen-bond acceptors (Lipinski definition) is 1. The second kappa shape index (κ2) is 4.40. The summed E-state index contributed by atoms with van der Waals surface area (Å²) in [7, 11) is -3.76. The Morgan fingerprint density at radius 2 is 1.89 bits per heavy atom. The van der Waals surface area contributed by atoms with E-state index in [0.29, 0.717) is 6.42 Å². The molecule has 0 saturated carbocycles. The Morgan fingerprint density at radius 3 is 1.89 bits per heavy atom. The number of hydrogen-bond donors (Lipinski definition) is 2. The van der Waals surface area contributed by atoms with Gasteiger partial charge < -0.3 is 9.79 Å². The van der Waals surface area contributed by atoms with E-state index in [0.717, 1.165) is 0 Å². The van der Waals surface area contributed by atoms with Gasteiger partial charge in [0.05, 0.1) is 5.66 Å². The van der Waals surface area contributed by atoms with Gasteiger partial charge in [0.1, 0.15) is 0 Å². The lowest BCUT2D eigenvalue weighted by atomic mass is 10.4. The van der Waals surface area contributed by atoms with Crippen molar-refractivity contribution in [3.05, 3.63) is 0 Å². The molecule has 3 nitrogen and oxygen atoms in total. The summed E-state index contributed by atoms with van der Waals surface area (Å²) in [4.78, 5) is 16.8. The van der Waals surface area contributed by atoms with Crippen LogP contribution in [0, 0.1) is 0 Å². The molecular weight excluding hydrogens is 158 g/mol. The maximum absolute atomic E-state index is 10.3. The van der Waals surface area contributed by atoms with Crippen LogP contribution in [0.25, 0.3) is 0 Å². The van der Waals surface area contributed by atoms with Gasteiger partial charge in [-0.15, -0.1) is 0 Å². The Balaban J connectivity index is 0. The van der Waals surface area contributed by atoms with Gasteiger partial charge in [-0.2, -0.15) is 9.90 Å². The fraction of sp³-hybridized carbons (Fsp3) is 1.00. The molecule has 0 radical (unpaired) electrons. The van der Waals surface area contributed by atoms with Crippen LogP contribution in [0.15, 0.2) is 0 Å². The summed E-state index contributed by atoms with van der Waals surface area (Å²) in [5.41, 5.74) is -0.484. The third-order valence-electron chi connectivity index (χ3n) is 1.17. The zero-order valence-corrected chi connectivity index (χ0v) is 8.05. The van der Waals surface area contributed by atoms with E-state index in [9.17, 15) is 4.57 Å². The van der Waals surface area contributed by atoms with Gasteiger partial charge in [0.2, 0.25) is 0 Å². The van der Waals surface area contributed by atoms with E-state index < -0.39 is 13.3 Å². The molecule has 58 valence electrons. The largest absolute Gasteiger partial charge is 0.328 e. The molecule has 2 N–H and O–H groups in total. The lowest BCUT2D eigenvalue weighted by molar-refractivity contribution is 0.359.